The van der Waals surface area contributed by atoms with Gasteiger partial charge >= 0.3 is 17.9 Å². The molecule has 0 aromatic heterocycles. The van der Waals surface area contributed by atoms with Crippen molar-refractivity contribution < 1.29 is 53.8 Å². The lowest BCUT2D eigenvalue weighted by molar-refractivity contribution is -0.317. The summed E-state index contributed by atoms with van der Waals surface area (Å²) in [6, 6.07) is 0. The largest absolute Gasteiger partial charge is 0.481 e. The number of aliphatic hydroxyl groups excluding tert-OH is 3. The zero-order valence-corrected chi connectivity index (χ0v) is 32.1. The SMILES string of the molecule is CC(=O)O[C@@H]1[C@@H](O)[C@@H](OC(C)=O)[C@H](OC[C@]2(C)[C@@H](O)C[C@H](O)[C@]3(C)[C@H]4CC=C5[C@H]6C[C@](C)(C(=O)O)CC[C@]6(C)CC[C@@]5(C)[C@]4(C)CC[C@@H]23)O[C@H]1C. The monoisotopic (exact) mass is 718 g/mol. The van der Waals surface area contributed by atoms with E-state index in [1.165, 1.54) is 19.4 Å². The van der Waals surface area contributed by atoms with E-state index in [9.17, 15) is 34.8 Å². The van der Waals surface area contributed by atoms with Gasteiger partial charge in [0.15, 0.2) is 18.5 Å². The molecule has 0 unspecified atom stereocenters. The molecule has 5 aliphatic carbocycles. The van der Waals surface area contributed by atoms with E-state index in [1.807, 2.05) is 13.8 Å². The van der Waals surface area contributed by atoms with Gasteiger partial charge in [-0.05, 0) is 99.2 Å². The molecule has 0 bridgehead atoms. The third kappa shape index (κ3) is 5.73. The molecule has 0 aromatic rings. The number of allylic oxidation sites excluding steroid dienone is 2. The average Bonchev–Trinajstić information content (AvgIpc) is 3.03. The van der Waals surface area contributed by atoms with Gasteiger partial charge in [0.2, 0.25) is 0 Å². The van der Waals surface area contributed by atoms with Crippen LogP contribution in [0.15, 0.2) is 11.6 Å². The van der Waals surface area contributed by atoms with Crippen molar-refractivity contribution >= 4 is 17.9 Å². The third-order valence-corrected chi connectivity index (χ3v) is 16.2. The van der Waals surface area contributed by atoms with E-state index in [-0.39, 0.29) is 47.0 Å². The summed E-state index contributed by atoms with van der Waals surface area (Å²) >= 11 is 0. The molecule has 0 aromatic carbocycles. The fraction of sp³-hybridized carbons (Fsp3) is 0.875. The number of fused-ring (bicyclic) bond motifs is 7. The van der Waals surface area contributed by atoms with E-state index in [1.54, 1.807) is 6.92 Å². The maximum atomic E-state index is 12.5. The summed E-state index contributed by atoms with van der Waals surface area (Å²) in [7, 11) is 0. The van der Waals surface area contributed by atoms with Crippen LogP contribution in [0.4, 0.5) is 0 Å². The molecule has 0 radical (unpaired) electrons. The Bertz CT molecular complexity index is 1450. The Labute approximate surface area is 302 Å². The van der Waals surface area contributed by atoms with Crippen LogP contribution in [0.1, 0.15) is 120 Å². The lowest BCUT2D eigenvalue weighted by atomic mass is 9.33. The van der Waals surface area contributed by atoms with Gasteiger partial charge in [-0.2, -0.15) is 0 Å². The number of hydrogen-bond acceptors (Lipinski definition) is 10. The maximum absolute atomic E-state index is 12.5. The van der Waals surface area contributed by atoms with E-state index in [0.717, 1.165) is 38.5 Å². The second-order valence-electron chi connectivity index (χ2n) is 18.9. The summed E-state index contributed by atoms with van der Waals surface area (Å²) in [5.74, 6) is -1.80. The molecule has 1 heterocycles. The smallest absolute Gasteiger partial charge is 0.309 e. The molecule has 5 fully saturated rings. The summed E-state index contributed by atoms with van der Waals surface area (Å²) in [6.07, 6.45) is 2.04. The van der Waals surface area contributed by atoms with Gasteiger partial charge in [0.05, 0.1) is 30.3 Å². The molecule has 1 aliphatic heterocycles. The van der Waals surface area contributed by atoms with Crippen LogP contribution in [0.2, 0.25) is 0 Å². The quantitative estimate of drug-likeness (QED) is 0.211. The minimum atomic E-state index is -1.39. The number of carboxylic acid groups (broad SMARTS) is 1. The molecular weight excluding hydrogens is 656 g/mol. The number of hydrogen-bond donors (Lipinski definition) is 4. The number of esters is 2. The molecule has 0 amide bonds. The predicted octanol–water partition coefficient (Wildman–Crippen LogP) is 5.17. The Balaban J connectivity index is 1.30. The van der Waals surface area contributed by atoms with Crippen LogP contribution in [-0.2, 0) is 33.3 Å². The van der Waals surface area contributed by atoms with Crippen molar-refractivity contribution in [3.8, 4) is 0 Å². The zero-order valence-electron chi connectivity index (χ0n) is 32.1. The van der Waals surface area contributed by atoms with Gasteiger partial charge in [-0.1, -0.05) is 46.3 Å². The number of carbonyl (C=O) groups is 3. The number of carboxylic acids is 1. The molecule has 11 nitrogen and oxygen atoms in total. The summed E-state index contributed by atoms with van der Waals surface area (Å²) in [4.78, 5) is 36.3. The number of rotatable bonds is 6. The van der Waals surface area contributed by atoms with Gasteiger partial charge in [0, 0.05) is 31.1 Å². The maximum Gasteiger partial charge on any atom is 0.309 e. The highest BCUT2D eigenvalue weighted by atomic mass is 16.7. The van der Waals surface area contributed by atoms with Crippen LogP contribution in [0, 0.1) is 50.2 Å². The van der Waals surface area contributed by atoms with Crippen LogP contribution >= 0.6 is 0 Å². The fourth-order valence-electron chi connectivity index (χ4n) is 12.6. The molecule has 1 saturated heterocycles. The first-order valence-corrected chi connectivity index (χ1v) is 19.2. The molecule has 11 heteroatoms. The average molecular weight is 719 g/mol. The van der Waals surface area contributed by atoms with Crippen LogP contribution < -0.4 is 0 Å². The highest BCUT2D eigenvalue weighted by molar-refractivity contribution is 5.74. The molecule has 4 N–H and O–H groups in total. The van der Waals surface area contributed by atoms with Gasteiger partial charge in [-0.25, -0.2) is 0 Å². The van der Waals surface area contributed by atoms with Crippen molar-refractivity contribution in [1.82, 2.24) is 0 Å². The van der Waals surface area contributed by atoms with Crippen molar-refractivity contribution in [2.75, 3.05) is 6.61 Å². The Morgan fingerprint density at radius 2 is 1.49 bits per heavy atom. The normalized spacial score (nSPS) is 52.2. The third-order valence-electron chi connectivity index (χ3n) is 16.2. The molecule has 51 heavy (non-hydrogen) atoms. The zero-order chi connectivity index (χ0) is 37.7. The van der Waals surface area contributed by atoms with Crippen molar-refractivity contribution in [2.45, 2.75) is 163 Å². The van der Waals surface area contributed by atoms with Gasteiger partial charge in [-0.15, -0.1) is 0 Å². The Kier molecular flexibility index (Phi) is 9.69. The van der Waals surface area contributed by atoms with Crippen molar-refractivity contribution in [3.63, 3.8) is 0 Å². The first-order chi connectivity index (χ1) is 23.6. The summed E-state index contributed by atoms with van der Waals surface area (Å²) in [6.45, 7) is 17.4. The van der Waals surface area contributed by atoms with Crippen molar-refractivity contribution in [2.24, 2.45) is 50.2 Å². The van der Waals surface area contributed by atoms with Crippen LogP contribution in [0.3, 0.4) is 0 Å². The molecule has 6 rings (SSSR count). The summed E-state index contributed by atoms with van der Waals surface area (Å²) < 4.78 is 23.3. The number of aliphatic carboxylic acids is 1. The van der Waals surface area contributed by atoms with E-state index < -0.39 is 77.1 Å². The molecule has 288 valence electrons. The van der Waals surface area contributed by atoms with E-state index in [2.05, 4.69) is 33.8 Å². The van der Waals surface area contributed by atoms with E-state index in [0.29, 0.717) is 12.8 Å². The number of ether oxygens (including phenoxy) is 4. The standard InChI is InChI=1S/C40H62O11/c1-21-31(50-22(2)41)30(45)32(51-23(3)42)33(49-21)48-20-37(6)26-12-13-39(8)27(40(26,9)29(44)18-28(37)43)11-10-24-25-19-36(5,34(46)47)15-14-35(25,4)16-17-38(24,39)7/h10,21,25-33,43-45H,11-20H2,1-9H3,(H,46,47)/t21-,25+,26-,27-,28-,29-,30+,31-,32+,33+,35+,36+,37-,38+,39+,40-/m0/s1. The Hall–Kier alpha value is -2.05. The first-order valence-electron chi connectivity index (χ1n) is 19.2. The van der Waals surface area contributed by atoms with E-state index in [4.69, 9.17) is 18.9 Å². The summed E-state index contributed by atoms with van der Waals surface area (Å²) in [5.41, 5.74) is -0.962. The van der Waals surface area contributed by atoms with Crippen LogP contribution in [-0.4, -0.2) is 87.9 Å². The van der Waals surface area contributed by atoms with E-state index >= 15 is 0 Å². The fourth-order valence-corrected chi connectivity index (χ4v) is 12.6. The van der Waals surface area contributed by atoms with Gasteiger partial charge in [0.25, 0.3) is 0 Å². The highest BCUT2D eigenvalue weighted by Crippen LogP contribution is 2.75. The minimum absolute atomic E-state index is 0.0250. The Morgan fingerprint density at radius 1 is 0.863 bits per heavy atom. The number of carbonyl (C=O) groups excluding carboxylic acids is 2. The van der Waals surface area contributed by atoms with Gasteiger partial charge in [0.1, 0.15) is 6.10 Å². The topological polar surface area (TPSA) is 169 Å². The molecule has 6 aliphatic rings. The number of aliphatic hydroxyl groups is 3. The lowest BCUT2D eigenvalue weighted by Gasteiger charge is -2.72. The molecule has 16 atom stereocenters. The first kappa shape index (κ1) is 38.7. The summed E-state index contributed by atoms with van der Waals surface area (Å²) in [5, 5.41) is 45.2. The molecule has 0 spiro atoms. The van der Waals surface area contributed by atoms with Crippen LogP contribution in [0.5, 0.6) is 0 Å². The minimum Gasteiger partial charge on any atom is -0.481 e. The lowest BCUT2D eigenvalue weighted by Crippen LogP contribution is -2.69. The Morgan fingerprint density at radius 3 is 2.12 bits per heavy atom. The van der Waals surface area contributed by atoms with Crippen molar-refractivity contribution in [1.29, 1.82) is 0 Å². The van der Waals surface area contributed by atoms with Gasteiger partial charge < -0.3 is 39.4 Å². The van der Waals surface area contributed by atoms with Crippen LogP contribution in [0.25, 0.3) is 0 Å². The highest BCUT2D eigenvalue weighted by Gasteiger charge is 2.71. The molecular formula is C40H62O11. The predicted molar refractivity (Wildman–Crippen MR) is 186 cm³/mol. The molecule has 4 saturated carbocycles. The second kappa shape index (κ2) is 12.8. The van der Waals surface area contributed by atoms with Gasteiger partial charge in [-0.3, -0.25) is 14.4 Å². The van der Waals surface area contributed by atoms with Crippen molar-refractivity contribution in [3.05, 3.63) is 11.6 Å². The second-order valence-corrected chi connectivity index (χ2v) is 18.9.